The van der Waals surface area contributed by atoms with Crippen molar-refractivity contribution in [2.75, 3.05) is 18.2 Å². The van der Waals surface area contributed by atoms with Gasteiger partial charge in [0, 0.05) is 5.69 Å². The highest BCUT2D eigenvalue weighted by Gasteiger charge is 2.08. The fourth-order valence-electron chi connectivity index (χ4n) is 1.45. The fraction of sp³-hybridized carbons (Fsp3) is 0.0833. The van der Waals surface area contributed by atoms with Crippen molar-refractivity contribution in [2.45, 2.75) is 0 Å². The minimum atomic E-state index is 0.223. The van der Waals surface area contributed by atoms with E-state index in [2.05, 4.69) is 26.2 Å². The zero-order valence-electron chi connectivity index (χ0n) is 9.88. The Morgan fingerprint density at radius 1 is 1.26 bits per heavy atom. The third kappa shape index (κ3) is 3.23. The maximum absolute atomic E-state index is 6.05. The van der Waals surface area contributed by atoms with Gasteiger partial charge >= 0.3 is 0 Å². The summed E-state index contributed by atoms with van der Waals surface area (Å²) in [4.78, 5) is 4.10. The minimum absolute atomic E-state index is 0.223. The van der Waals surface area contributed by atoms with Crippen molar-refractivity contribution in [3.8, 4) is 5.75 Å². The van der Waals surface area contributed by atoms with Crippen LogP contribution in [0, 0.1) is 0 Å². The molecule has 0 saturated heterocycles. The molecule has 0 spiro atoms. The molecule has 0 saturated carbocycles. The van der Waals surface area contributed by atoms with Crippen LogP contribution in [0.1, 0.15) is 0 Å². The lowest BCUT2D eigenvalue weighted by Gasteiger charge is -2.10. The SMILES string of the molecule is COc1ccc(Nc2nc(N)c(Cl)cc2Cl)cc1Br. The molecule has 0 amide bonds. The zero-order valence-corrected chi connectivity index (χ0v) is 13.0. The van der Waals surface area contributed by atoms with Gasteiger partial charge in [0.1, 0.15) is 11.6 Å². The van der Waals surface area contributed by atoms with Crippen molar-refractivity contribution < 1.29 is 4.74 Å². The van der Waals surface area contributed by atoms with Gasteiger partial charge in [-0.3, -0.25) is 0 Å². The summed E-state index contributed by atoms with van der Waals surface area (Å²) in [5.41, 5.74) is 6.44. The number of nitrogens with two attached hydrogens (primary N) is 1. The van der Waals surface area contributed by atoms with Gasteiger partial charge in [-0.25, -0.2) is 4.98 Å². The number of ether oxygens (including phenoxy) is 1. The highest BCUT2D eigenvalue weighted by Crippen LogP contribution is 2.32. The quantitative estimate of drug-likeness (QED) is 0.844. The summed E-state index contributed by atoms with van der Waals surface area (Å²) >= 11 is 15.3. The molecule has 0 radical (unpaired) electrons. The normalized spacial score (nSPS) is 10.3. The first-order valence-corrected chi connectivity index (χ1v) is 6.78. The fourth-order valence-corrected chi connectivity index (χ4v) is 2.40. The lowest BCUT2D eigenvalue weighted by atomic mass is 10.3. The number of nitrogens with zero attached hydrogens (tertiary/aromatic N) is 1. The molecule has 0 bridgehead atoms. The van der Waals surface area contributed by atoms with E-state index in [1.807, 2.05) is 18.2 Å². The number of hydrogen-bond acceptors (Lipinski definition) is 4. The van der Waals surface area contributed by atoms with Crippen LogP contribution in [-0.2, 0) is 0 Å². The Hall–Kier alpha value is -1.17. The molecule has 19 heavy (non-hydrogen) atoms. The maximum atomic E-state index is 6.05. The van der Waals surface area contributed by atoms with Gasteiger partial charge in [0.15, 0.2) is 5.82 Å². The van der Waals surface area contributed by atoms with Crippen LogP contribution in [-0.4, -0.2) is 12.1 Å². The minimum Gasteiger partial charge on any atom is -0.496 e. The number of aromatic nitrogens is 1. The third-order valence-electron chi connectivity index (χ3n) is 2.37. The molecule has 0 aliphatic carbocycles. The predicted molar refractivity (Wildman–Crippen MR) is 82.6 cm³/mol. The Balaban J connectivity index is 2.31. The summed E-state index contributed by atoms with van der Waals surface area (Å²) in [5.74, 6) is 1.40. The Morgan fingerprint density at radius 3 is 2.63 bits per heavy atom. The second-order valence-electron chi connectivity index (χ2n) is 3.66. The van der Waals surface area contributed by atoms with E-state index in [0.29, 0.717) is 15.9 Å². The van der Waals surface area contributed by atoms with Crippen LogP contribution in [0.25, 0.3) is 0 Å². The maximum Gasteiger partial charge on any atom is 0.151 e. The van der Waals surface area contributed by atoms with Crippen LogP contribution in [0.5, 0.6) is 5.75 Å². The molecule has 0 atom stereocenters. The number of rotatable bonds is 3. The smallest absolute Gasteiger partial charge is 0.151 e. The van der Waals surface area contributed by atoms with E-state index in [1.54, 1.807) is 13.2 Å². The van der Waals surface area contributed by atoms with Crippen LogP contribution < -0.4 is 15.8 Å². The van der Waals surface area contributed by atoms with Crippen molar-refractivity contribution in [2.24, 2.45) is 0 Å². The van der Waals surface area contributed by atoms with Crippen molar-refractivity contribution in [1.29, 1.82) is 0 Å². The molecule has 0 aliphatic heterocycles. The van der Waals surface area contributed by atoms with Crippen LogP contribution in [0.15, 0.2) is 28.7 Å². The summed E-state index contributed by atoms with van der Waals surface area (Å²) in [7, 11) is 1.60. The van der Waals surface area contributed by atoms with Gasteiger partial charge in [0.2, 0.25) is 0 Å². The summed E-state index contributed by atoms with van der Waals surface area (Å²) in [5, 5.41) is 3.79. The Labute approximate surface area is 129 Å². The zero-order chi connectivity index (χ0) is 14.0. The molecule has 2 aromatic rings. The molecular formula is C12H10BrCl2N3O. The molecule has 2 rings (SSSR count). The average Bonchev–Trinajstić information content (AvgIpc) is 2.36. The first-order valence-electron chi connectivity index (χ1n) is 5.23. The van der Waals surface area contributed by atoms with Gasteiger partial charge in [-0.05, 0) is 40.2 Å². The first kappa shape index (κ1) is 14.2. The molecule has 0 fully saturated rings. The third-order valence-corrected chi connectivity index (χ3v) is 3.58. The number of nitrogen functional groups attached to an aromatic ring is 1. The molecule has 100 valence electrons. The lowest BCUT2D eigenvalue weighted by molar-refractivity contribution is 0.412. The predicted octanol–water partition coefficient (Wildman–Crippen LogP) is 4.49. The molecule has 1 aromatic heterocycles. The second-order valence-corrected chi connectivity index (χ2v) is 5.33. The van der Waals surface area contributed by atoms with Gasteiger partial charge in [-0.15, -0.1) is 0 Å². The molecule has 1 aromatic carbocycles. The summed E-state index contributed by atoms with van der Waals surface area (Å²) in [6, 6.07) is 7.06. The van der Waals surface area contributed by atoms with Gasteiger partial charge in [-0.2, -0.15) is 0 Å². The van der Waals surface area contributed by atoms with Crippen LogP contribution in [0.3, 0.4) is 0 Å². The molecule has 1 heterocycles. The van der Waals surface area contributed by atoms with E-state index in [0.717, 1.165) is 15.9 Å². The molecular weight excluding hydrogens is 353 g/mol. The molecule has 7 heteroatoms. The number of hydrogen-bond donors (Lipinski definition) is 2. The van der Waals surface area contributed by atoms with E-state index in [9.17, 15) is 0 Å². The Bertz CT molecular complexity index is 622. The van der Waals surface area contributed by atoms with E-state index >= 15 is 0 Å². The van der Waals surface area contributed by atoms with E-state index in [1.165, 1.54) is 0 Å². The largest absolute Gasteiger partial charge is 0.496 e. The average molecular weight is 363 g/mol. The van der Waals surface area contributed by atoms with E-state index in [4.69, 9.17) is 33.7 Å². The number of halogens is 3. The highest BCUT2D eigenvalue weighted by molar-refractivity contribution is 9.10. The first-order chi connectivity index (χ1) is 9.01. The van der Waals surface area contributed by atoms with Crippen molar-refractivity contribution in [3.05, 3.63) is 38.8 Å². The van der Waals surface area contributed by atoms with E-state index < -0.39 is 0 Å². The number of anilines is 3. The van der Waals surface area contributed by atoms with Crippen LogP contribution in [0.2, 0.25) is 10.0 Å². The topological polar surface area (TPSA) is 60.2 Å². The van der Waals surface area contributed by atoms with Crippen molar-refractivity contribution >= 4 is 56.5 Å². The van der Waals surface area contributed by atoms with Crippen LogP contribution >= 0.6 is 39.1 Å². The molecule has 0 aliphatic rings. The Kier molecular flexibility index (Phi) is 4.39. The van der Waals surface area contributed by atoms with E-state index in [-0.39, 0.29) is 5.82 Å². The monoisotopic (exact) mass is 361 g/mol. The lowest BCUT2D eigenvalue weighted by Crippen LogP contribution is -1.99. The molecule has 0 unspecified atom stereocenters. The van der Waals surface area contributed by atoms with Crippen LogP contribution in [0.4, 0.5) is 17.3 Å². The summed E-state index contributed by atoms with van der Waals surface area (Å²) in [6.45, 7) is 0. The molecule has 3 N–H and O–H groups in total. The summed E-state index contributed by atoms with van der Waals surface area (Å²) in [6.07, 6.45) is 0. The highest BCUT2D eigenvalue weighted by atomic mass is 79.9. The van der Waals surface area contributed by atoms with Gasteiger partial charge in [-0.1, -0.05) is 23.2 Å². The second kappa shape index (κ2) is 5.86. The standard InChI is InChI=1S/C12H10BrCl2N3O/c1-19-10-3-2-6(4-7(10)13)17-12-9(15)5-8(14)11(16)18-12/h2-5H,1H3,(H3,16,17,18). The van der Waals surface area contributed by atoms with Crippen molar-refractivity contribution in [3.63, 3.8) is 0 Å². The van der Waals surface area contributed by atoms with Gasteiger partial charge < -0.3 is 15.8 Å². The van der Waals surface area contributed by atoms with Crippen molar-refractivity contribution in [1.82, 2.24) is 4.98 Å². The number of nitrogens with one attached hydrogen (secondary N) is 1. The summed E-state index contributed by atoms with van der Waals surface area (Å²) < 4.78 is 5.97. The number of benzene rings is 1. The molecule has 4 nitrogen and oxygen atoms in total. The Morgan fingerprint density at radius 2 is 2.00 bits per heavy atom. The van der Waals surface area contributed by atoms with Gasteiger partial charge in [0.05, 0.1) is 21.6 Å². The number of methoxy groups -OCH3 is 1. The number of pyridine rings is 1. The van der Waals surface area contributed by atoms with Gasteiger partial charge in [0.25, 0.3) is 0 Å².